The maximum atomic E-state index is 2.75. The predicted octanol–water partition coefficient (Wildman–Crippen LogP) is 11.8. The van der Waals surface area contributed by atoms with E-state index >= 15 is 0 Å². The Hall–Kier alpha value is -5.70. The van der Waals surface area contributed by atoms with Crippen molar-refractivity contribution < 1.29 is 0 Å². The highest BCUT2D eigenvalue weighted by molar-refractivity contribution is 6.11. The zero-order valence-corrected chi connectivity index (χ0v) is 29.2. The number of benzene rings is 7. The largest absolute Gasteiger partial charge is 0.323 e. The van der Waals surface area contributed by atoms with Gasteiger partial charge in [0.2, 0.25) is 0 Å². The average molecular weight is 647 g/mol. The molecule has 0 radical (unpaired) electrons. The van der Waals surface area contributed by atoms with E-state index in [0.717, 1.165) is 0 Å². The molecule has 1 aliphatic rings. The van der Waals surface area contributed by atoms with Crippen LogP contribution in [0, 0.1) is 0 Å². The van der Waals surface area contributed by atoms with Crippen LogP contribution in [-0.2, 0) is 5.41 Å². The van der Waals surface area contributed by atoms with E-state index < -0.39 is 0 Å². The van der Waals surface area contributed by atoms with Crippen LogP contribution in [0.1, 0.15) is 47.6 Å². The van der Waals surface area contributed by atoms with Gasteiger partial charge in [-0.3, -0.25) is 0 Å². The van der Waals surface area contributed by atoms with Crippen molar-refractivity contribution in [1.82, 2.24) is 9.88 Å². The number of hydrogen-bond acceptors (Lipinski definition) is 1. The quantitative estimate of drug-likeness (QED) is 0.184. The van der Waals surface area contributed by atoms with Crippen molar-refractivity contribution in [3.8, 4) is 27.9 Å². The van der Waals surface area contributed by atoms with Crippen molar-refractivity contribution in [3.05, 3.63) is 198 Å². The minimum atomic E-state index is -0.0619. The van der Waals surface area contributed by atoms with Gasteiger partial charge in [-0.2, -0.15) is 0 Å². The summed E-state index contributed by atoms with van der Waals surface area (Å²) in [5, 5.41) is 5.34. The van der Waals surface area contributed by atoms with Crippen LogP contribution >= 0.6 is 0 Å². The molecule has 0 bridgehead atoms. The molecule has 0 saturated carbocycles. The van der Waals surface area contributed by atoms with Gasteiger partial charge in [-0.15, -0.1) is 0 Å². The molecule has 0 amide bonds. The minimum Gasteiger partial charge on any atom is -0.323 e. The Labute approximate surface area is 295 Å². The molecular formula is C48H42N2. The van der Waals surface area contributed by atoms with Crippen molar-refractivity contribution in [1.29, 1.82) is 0 Å². The molecule has 1 aromatic heterocycles. The second kappa shape index (κ2) is 13.0. The molecule has 50 heavy (non-hydrogen) atoms. The molecule has 1 atom stereocenters. The van der Waals surface area contributed by atoms with Crippen LogP contribution in [0.3, 0.4) is 0 Å². The maximum absolute atomic E-state index is 2.75. The van der Waals surface area contributed by atoms with Crippen LogP contribution < -0.4 is 5.32 Å². The minimum absolute atomic E-state index is 0.0619. The van der Waals surface area contributed by atoms with E-state index in [1.54, 1.807) is 0 Å². The highest BCUT2D eigenvalue weighted by Crippen LogP contribution is 2.51. The lowest BCUT2D eigenvalue weighted by Crippen LogP contribution is -2.15. The first-order valence-corrected chi connectivity index (χ1v) is 17.6. The van der Waals surface area contributed by atoms with Gasteiger partial charge in [-0.05, 0) is 94.5 Å². The van der Waals surface area contributed by atoms with Crippen molar-refractivity contribution >= 4 is 21.8 Å². The summed E-state index contributed by atoms with van der Waals surface area (Å²) >= 11 is 0. The summed E-state index contributed by atoms with van der Waals surface area (Å²) < 4.78 is 2.48. The Morgan fingerprint density at radius 2 is 1.06 bits per heavy atom. The Morgan fingerprint density at radius 1 is 0.460 bits per heavy atom. The summed E-state index contributed by atoms with van der Waals surface area (Å²) in [6, 6.07) is 62.6. The van der Waals surface area contributed by atoms with E-state index in [2.05, 4.69) is 194 Å². The Balaban J connectivity index is 0.00000116. The number of para-hydroxylation sites is 1. The first-order chi connectivity index (χ1) is 24.5. The summed E-state index contributed by atoms with van der Waals surface area (Å²) in [4.78, 5) is 0. The Morgan fingerprint density at radius 3 is 1.82 bits per heavy atom. The fourth-order valence-corrected chi connectivity index (χ4v) is 8.01. The van der Waals surface area contributed by atoms with E-state index in [1.807, 2.05) is 14.1 Å². The third-order valence-corrected chi connectivity index (χ3v) is 10.3. The van der Waals surface area contributed by atoms with Gasteiger partial charge in [0.1, 0.15) is 0 Å². The van der Waals surface area contributed by atoms with Gasteiger partial charge in [-0.25, -0.2) is 0 Å². The molecule has 0 aliphatic heterocycles. The molecule has 2 nitrogen and oxygen atoms in total. The summed E-state index contributed by atoms with van der Waals surface area (Å²) in [6.07, 6.45) is 0. The zero-order valence-electron chi connectivity index (χ0n) is 29.2. The zero-order chi connectivity index (χ0) is 34.2. The molecule has 0 spiro atoms. The third kappa shape index (κ3) is 5.33. The lowest BCUT2D eigenvalue weighted by Gasteiger charge is -2.22. The Kier molecular flexibility index (Phi) is 8.18. The van der Waals surface area contributed by atoms with Crippen LogP contribution in [0.2, 0.25) is 0 Å². The highest BCUT2D eigenvalue weighted by Gasteiger charge is 2.36. The first kappa shape index (κ1) is 31.6. The van der Waals surface area contributed by atoms with Gasteiger partial charge in [0.05, 0.1) is 11.0 Å². The molecule has 7 aromatic carbocycles. The molecule has 1 unspecified atom stereocenters. The molecule has 0 saturated heterocycles. The summed E-state index contributed by atoms with van der Waals surface area (Å²) in [5.41, 5.74) is 15.5. The maximum Gasteiger partial charge on any atom is 0.0544 e. The van der Waals surface area contributed by atoms with Crippen molar-refractivity contribution in [2.75, 3.05) is 14.1 Å². The fourth-order valence-electron chi connectivity index (χ4n) is 8.01. The monoisotopic (exact) mass is 646 g/mol. The molecule has 8 aromatic rings. The standard InChI is InChI=1S/C46H35N.C2H7N/c1-46(2)41-22-11-9-20-37(41)39-29-40-38-21-10-12-23-43(38)47(44(40)30-42(39)46)36-19-13-18-35(28-36)45(33-16-7-4-8-17-33)34-26-24-32(25-27-34)31-14-5-3-6-15-31;1-3-2/h3-30,45H,1-2H3;3H,1-2H3. The van der Waals surface area contributed by atoms with E-state index in [9.17, 15) is 0 Å². The van der Waals surface area contributed by atoms with Crippen molar-refractivity contribution in [2.45, 2.75) is 25.2 Å². The second-order valence-electron chi connectivity index (χ2n) is 13.9. The van der Waals surface area contributed by atoms with Gasteiger partial charge in [-0.1, -0.05) is 153 Å². The average Bonchev–Trinajstić information content (AvgIpc) is 3.60. The SMILES string of the molecule is CC1(C)c2ccccc2-c2cc3c4ccccc4n(-c4cccc(C(c5ccccc5)c5ccc(-c6ccccc6)cc5)c4)c3cc21.CNC. The number of aromatic nitrogens is 1. The van der Waals surface area contributed by atoms with E-state index in [4.69, 9.17) is 0 Å². The molecule has 1 N–H and O–H groups in total. The number of nitrogens with one attached hydrogen (secondary N) is 1. The van der Waals surface area contributed by atoms with Gasteiger partial charge in [0.25, 0.3) is 0 Å². The van der Waals surface area contributed by atoms with Gasteiger partial charge < -0.3 is 9.88 Å². The normalized spacial score (nSPS) is 13.4. The lowest BCUT2D eigenvalue weighted by molar-refractivity contribution is 0.661. The van der Waals surface area contributed by atoms with Crippen LogP contribution in [0.25, 0.3) is 49.7 Å². The van der Waals surface area contributed by atoms with Crippen molar-refractivity contribution in [2.24, 2.45) is 0 Å². The number of fused-ring (bicyclic) bond motifs is 6. The summed E-state index contributed by atoms with van der Waals surface area (Å²) in [5.74, 6) is 0.103. The first-order valence-electron chi connectivity index (χ1n) is 17.6. The number of nitrogens with zero attached hydrogens (tertiary/aromatic N) is 1. The molecule has 2 heteroatoms. The highest BCUT2D eigenvalue weighted by atomic mass is 15.0. The molecule has 244 valence electrons. The second-order valence-corrected chi connectivity index (χ2v) is 13.9. The topological polar surface area (TPSA) is 17.0 Å². The Bertz CT molecular complexity index is 2430. The number of rotatable bonds is 5. The van der Waals surface area contributed by atoms with E-state index in [0.29, 0.717) is 0 Å². The van der Waals surface area contributed by atoms with Crippen LogP contribution in [0.15, 0.2) is 170 Å². The fraction of sp³-hybridized carbons (Fsp3) is 0.125. The number of hydrogen-bond donors (Lipinski definition) is 1. The van der Waals surface area contributed by atoms with E-state index in [1.165, 1.54) is 77.6 Å². The van der Waals surface area contributed by atoms with Crippen LogP contribution in [0.5, 0.6) is 0 Å². The lowest BCUT2D eigenvalue weighted by atomic mass is 9.82. The van der Waals surface area contributed by atoms with Crippen LogP contribution in [-0.4, -0.2) is 18.7 Å². The molecule has 1 heterocycles. The molecule has 9 rings (SSSR count). The van der Waals surface area contributed by atoms with E-state index in [-0.39, 0.29) is 11.3 Å². The third-order valence-electron chi connectivity index (χ3n) is 10.3. The predicted molar refractivity (Wildman–Crippen MR) is 213 cm³/mol. The van der Waals surface area contributed by atoms with Gasteiger partial charge in [0, 0.05) is 27.8 Å². The van der Waals surface area contributed by atoms with Crippen LogP contribution in [0.4, 0.5) is 0 Å². The molecule has 0 fully saturated rings. The van der Waals surface area contributed by atoms with Crippen molar-refractivity contribution in [3.63, 3.8) is 0 Å². The summed E-state index contributed by atoms with van der Waals surface area (Å²) in [7, 11) is 3.75. The van der Waals surface area contributed by atoms with Gasteiger partial charge >= 0.3 is 0 Å². The smallest absolute Gasteiger partial charge is 0.0544 e. The van der Waals surface area contributed by atoms with Gasteiger partial charge in [0.15, 0.2) is 0 Å². The summed E-state index contributed by atoms with van der Waals surface area (Å²) in [6.45, 7) is 4.73. The molecular weight excluding hydrogens is 605 g/mol. The molecule has 1 aliphatic carbocycles.